The molecular formula is C21H37N5O2S. The molecule has 2 heterocycles. The van der Waals surface area contributed by atoms with Gasteiger partial charge in [-0.2, -0.15) is 0 Å². The molecule has 8 heteroatoms. The van der Waals surface area contributed by atoms with Crippen molar-refractivity contribution in [3.8, 4) is 0 Å². The highest BCUT2D eigenvalue weighted by Crippen LogP contribution is 2.23. The van der Waals surface area contributed by atoms with Crippen molar-refractivity contribution in [2.45, 2.75) is 72.0 Å². The molecule has 0 spiro atoms. The van der Waals surface area contributed by atoms with E-state index < -0.39 is 0 Å². The number of likely N-dealkylation sites (tertiary alicyclic amines) is 1. The molecule has 7 nitrogen and oxygen atoms in total. The molecule has 1 fully saturated rings. The first-order chi connectivity index (χ1) is 13.6. The van der Waals surface area contributed by atoms with Crippen molar-refractivity contribution < 1.29 is 9.59 Å². The quantitative estimate of drug-likeness (QED) is 0.514. The lowest BCUT2D eigenvalue weighted by atomic mass is 9.90. The third-order valence-electron chi connectivity index (χ3n) is 5.19. The first-order valence-corrected chi connectivity index (χ1v) is 11.9. The van der Waals surface area contributed by atoms with Gasteiger partial charge in [0, 0.05) is 43.9 Å². The van der Waals surface area contributed by atoms with Gasteiger partial charge in [0.05, 0.1) is 0 Å². The van der Waals surface area contributed by atoms with Crippen LogP contribution in [0, 0.1) is 17.3 Å². The van der Waals surface area contributed by atoms with Crippen LogP contribution in [-0.2, 0) is 22.6 Å². The second-order valence-electron chi connectivity index (χ2n) is 9.32. The van der Waals surface area contributed by atoms with Gasteiger partial charge < -0.3 is 14.8 Å². The van der Waals surface area contributed by atoms with E-state index in [-0.39, 0.29) is 23.1 Å². The van der Waals surface area contributed by atoms with Crippen molar-refractivity contribution >= 4 is 23.6 Å². The summed E-state index contributed by atoms with van der Waals surface area (Å²) in [7, 11) is 0. The van der Waals surface area contributed by atoms with Crippen LogP contribution < -0.4 is 5.32 Å². The minimum Gasteiger partial charge on any atom is -0.356 e. The standard InChI is InChI=1S/C21H37N5O2S/c1-15(2)14-26-17(23-24-20(26)29-6)8-7-11-22-18(27)16-9-12-25(13-10-16)19(28)21(3,4)5/h15-16H,7-14H2,1-6H3,(H,22,27). The molecule has 2 rings (SSSR count). The van der Waals surface area contributed by atoms with E-state index in [0.717, 1.165) is 43.2 Å². The van der Waals surface area contributed by atoms with E-state index in [1.807, 2.05) is 31.9 Å². The fourth-order valence-corrected chi connectivity index (χ4v) is 4.15. The summed E-state index contributed by atoms with van der Waals surface area (Å²) in [6.07, 6.45) is 5.16. The molecule has 1 aliphatic heterocycles. The van der Waals surface area contributed by atoms with Crippen molar-refractivity contribution in [1.82, 2.24) is 25.0 Å². The Kier molecular flexibility index (Phi) is 8.55. The number of aryl methyl sites for hydroxylation is 1. The van der Waals surface area contributed by atoms with E-state index in [4.69, 9.17) is 0 Å². The minimum atomic E-state index is -0.360. The summed E-state index contributed by atoms with van der Waals surface area (Å²) in [5, 5.41) is 12.6. The number of rotatable bonds is 8. The predicted octanol–water partition coefficient (Wildman–Crippen LogP) is 2.99. The molecule has 1 aromatic rings. The first-order valence-electron chi connectivity index (χ1n) is 10.7. The Hall–Kier alpha value is -1.57. The number of aromatic nitrogens is 3. The van der Waals surface area contributed by atoms with Crippen LogP contribution in [0.15, 0.2) is 5.16 Å². The van der Waals surface area contributed by atoms with E-state index in [2.05, 4.69) is 33.9 Å². The number of carbonyl (C=O) groups excluding carboxylic acids is 2. The molecule has 0 unspecified atom stereocenters. The molecule has 0 atom stereocenters. The highest BCUT2D eigenvalue weighted by atomic mass is 32.2. The Morgan fingerprint density at radius 3 is 2.41 bits per heavy atom. The maximum absolute atomic E-state index is 12.5. The summed E-state index contributed by atoms with van der Waals surface area (Å²) in [6.45, 7) is 13.1. The Morgan fingerprint density at radius 2 is 1.86 bits per heavy atom. The lowest BCUT2D eigenvalue weighted by Gasteiger charge is -2.35. The van der Waals surface area contributed by atoms with Gasteiger partial charge in [-0.05, 0) is 31.4 Å². The normalized spacial score (nSPS) is 15.8. The number of hydrogen-bond acceptors (Lipinski definition) is 5. The van der Waals surface area contributed by atoms with E-state index in [0.29, 0.717) is 25.6 Å². The summed E-state index contributed by atoms with van der Waals surface area (Å²) in [5.41, 5.74) is -0.360. The highest BCUT2D eigenvalue weighted by Gasteiger charge is 2.32. The summed E-state index contributed by atoms with van der Waals surface area (Å²) in [6, 6.07) is 0. The van der Waals surface area contributed by atoms with Crippen LogP contribution in [-0.4, -0.2) is 57.4 Å². The molecule has 0 radical (unpaired) electrons. The highest BCUT2D eigenvalue weighted by molar-refractivity contribution is 7.98. The summed E-state index contributed by atoms with van der Waals surface area (Å²) in [5.74, 6) is 1.82. The van der Waals surface area contributed by atoms with Crippen molar-refractivity contribution in [2.75, 3.05) is 25.9 Å². The number of amides is 2. The fraction of sp³-hybridized carbons (Fsp3) is 0.810. The molecule has 29 heavy (non-hydrogen) atoms. The predicted molar refractivity (Wildman–Crippen MR) is 117 cm³/mol. The molecule has 1 aromatic heterocycles. The van der Waals surface area contributed by atoms with Gasteiger partial charge in [-0.3, -0.25) is 9.59 Å². The van der Waals surface area contributed by atoms with Gasteiger partial charge in [-0.1, -0.05) is 46.4 Å². The molecular weight excluding hydrogens is 386 g/mol. The van der Waals surface area contributed by atoms with Gasteiger partial charge in [0.25, 0.3) is 0 Å². The van der Waals surface area contributed by atoms with Crippen LogP contribution in [0.2, 0.25) is 0 Å². The van der Waals surface area contributed by atoms with E-state index in [1.54, 1.807) is 11.8 Å². The molecule has 0 saturated carbocycles. The van der Waals surface area contributed by atoms with E-state index in [9.17, 15) is 9.59 Å². The Bertz CT molecular complexity index is 688. The number of thioether (sulfide) groups is 1. The lowest BCUT2D eigenvalue weighted by molar-refractivity contribution is -0.142. The van der Waals surface area contributed by atoms with Gasteiger partial charge in [-0.25, -0.2) is 0 Å². The van der Waals surface area contributed by atoms with Gasteiger partial charge in [-0.15, -0.1) is 10.2 Å². The number of nitrogens with zero attached hydrogens (tertiary/aromatic N) is 4. The van der Waals surface area contributed by atoms with Crippen molar-refractivity contribution in [3.63, 3.8) is 0 Å². The third-order valence-corrected chi connectivity index (χ3v) is 5.86. The number of nitrogens with one attached hydrogen (secondary N) is 1. The minimum absolute atomic E-state index is 0.00621. The molecule has 1 saturated heterocycles. The summed E-state index contributed by atoms with van der Waals surface area (Å²) in [4.78, 5) is 26.8. The smallest absolute Gasteiger partial charge is 0.227 e. The van der Waals surface area contributed by atoms with Crippen LogP contribution in [0.1, 0.15) is 59.7 Å². The van der Waals surface area contributed by atoms with Crippen LogP contribution in [0.25, 0.3) is 0 Å². The molecule has 0 aliphatic carbocycles. The van der Waals surface area contributed by atoms with Crippen LogP contribution >= 0.6 is 11.8 Å². The van der Waals surface area contributed by atoms with E-state index >= 15 is 0 Å². The van der Waals surface area contributed by atoms with Gasteiger partial charge in [0.2, 0.25) is 11.8 Å². The van der Waals surface area contributed by atoms with Crippen LogP contribution in [0.3, 0.4) is 0 Å². The largest absolute Gasteiger partial charge is 0.356 e. The van der Waals surface area contributed by atoms with Gasteiger partial charge >= 0.3 is 0 Å². The second kappa shape index (κ2) is 10.5. The molecule has 2 amide bonds. The average Bonchev–Trinajstić information content (AvgIpc) is 3.04. The van der Waals surface area contributed by atoms with Gasteiger partial charge in [0.15, 0.2) is 5.16 Å². The summed E-state index contributed by atoms with van der Waals surface area (Å²) < 4.78 is 2.19. The average molecular weight is 424 g/mol. The lowest BCUT2D eigenvalue weighted by Crippen LogP contribution is -2.46. The Morgan fingerprint density at radius 1 is 1.21 bits per heavy atom. The number of hydrogen-bond donors (Lipinski definition) is 1. The number of carbonyl (C=O) groups is 2. The van der Waals surface area contributed by atoms with E-state index in [1.165, 1.54) is 0 Å². The maximum Gasteiger partial charge on any atom is 0.227 e. The van der Waals surface area contributed by atoms with Gasteiger partial charge in [0.1, 0.15) is 5.82 Å². The molecule has 1 aliphatic rings. The Balaban J connectivity index is 1.75. The molecule has 0 aromatic carbocycles. The first kappa shape index (κ1) is 23.7. The topological polar surface area (TPSA) is 80.1 Å². The molecule has 1 N–H and O–H groups in total. The molecule has 0 bridgehead atoms. The van der Waals surface area contributed by atoms with Crippen molar-refractivity contribution in [1.29, 1.82) is 0 Å². The van der Waals surface area contributed by atoms with Crippen LogP contribution in [0.5, 0.6) is 0 Å². The SMILES string of the molecule is CSc1nnc(CCCNC(=O)C2CCN(C(=O)C(C)(C)C)CC2)n1CC(C)C. The Labute approximate surface area is 179 Å². The zero-order valence-corrected chi connectivity index (χ0v) is 19.6. The monoisotopic (exact) mass is 423 g/mol. The van der Waals surface area contributed by atoms with Crippen molar-refractivity contribution in [3.05, 3.63) is 5.82 Å². The third kappa shape index (κ3) is 6.73. The van der Waals surface area contributed by atoms with Crippen LogP contribution in [0.4, 0.5) is 0 Å². The van der Waals surface area contributed by atoms with Crippen molar-refractivity contribution in [2.24, 2.45) is 17.3 Å². The second-order valence-corrected chi connectivity index (χ2v) is 10.1. The molecule has 164 valence electrons. The summed E-state index contributed by atoms with van der Waals surface area (Å²) >= 11 is 1.62. The zero-order chi connectivity index (χ0) is 21.6. The maximum atomic E-state index is 12.5. The fourth-order valence-electron chi connectivity index (χ4n) is 3.62. The number of piperidine rings is 1. The zero-order valence-electron chi connectivity index (χ0n) is 18.8.